The van der Waals surface area contributed by atoms with E-state index in [2.05, 4.69) is 27.8 Å². The Labute approximate surface area is 104 Å². The van der Waals surface area contributed by atoms with Gasteiger partial charge in [-0.25, -0.2) is 0 Å². The lowest BCUT2D eigenvalue weighted by Gasteiger charge is -2.00. The van der Waals surface area contributed by atoms with Gasteiger partial charge in [0.15, 0.2) is 0 Å². The molecule has 1 aromatic heterocycles. The van der Waals surface area contributed by atoms with Gasteiger partial charge in [0.25, 0.3) is 0 Å². The second kappa shape index (κ2) is 8.19. The molecule has 0 amide bonds. The van der Waals surface area contributed by atoms with Crippen molar-refractivity contribution in [2.75, 3.05) is 29.9 Å². The summed E-state index contributed by atoms with van der Waals surface area (Å²) in [4.78, 5) is 0. The van der Waals surface area contributed by atoms with Crippen molar-refractivity contribution in [3.8, 4) is 0 Å². The minimum atomic E-state index is -0.765. The molecule has 0 fully saturated rings. The molecular weight excluding hydrogens is 240 g/mol. The summed E-state index contributed by atoms with van der Waals surface area (Å²) in [6, 6.07) is 0.395. The highest BCUT2D eigenvalue weighted by Gasteiger charge is 2.05. The predicted octanol–water partition coefficient (Wildman–Crippen LogP) is 0.750. The third-order valence-corrected chi connectivity index (χ3v) is 3.40. The molecule has 0 aromatic carbocycles. The maximum absolute atomic E-state index is 11.2. The van der Waals surface area contributed by atoms with Crippen LogP contribution in [0.1, 0.15) is 26.2 Å². The van der Waals surface area contributed by atoms with Crippen molar-refractivity contribution >= 4 is 16.8 Å². The fraction of sp³-hybridized carbons (Fsp3) is 0.800. The average molecular weight is 260 g/mol. The average Bonchev–Trinajstić information content (AvgIpc) is 2.77. The highest BCUT2D eigenvalue weighted by molar-refractivity contribution is 7.84. The first-order valence-electron chi connectivity index (χ1n) is 5.88. The van der Waals surface area contributed by atoms with E-state index in [0.717, 1.165) is 13.0 Å². The monoisotopic (exact) mass is 260 g/mol. The zero-order valence-electron chi connectivity index (χ0n) is 10.4. The third-order valence-electron chi connectivity index (χ3n) is 2.10. The van der Waals surface area contributed by atoms with E-state index in [1.165, 1.54) is 0 Å². The zero-order chi connectivity index (χ0) is 12.5. The molecule has 0 spiro atoms. The molecule has 17 heavy (non-hydrogen) atoms. The van der Waals surface area contributed by atoms with Gasteiger partial charge < -0.3 is 15.1 Å². The van der Waals surface area contributed by atoms with Gasteiger partial charge in [-0.05, 0) is 13.0 Å². The highest BCUT2D eigenvalue weighted by atomic mass is 32.2. The molecule has 1 rings (SSSR count). The van der Waals surface area contributed by atoms with Crippen LogP contribution in [0.15, 0.2) is 4.42 Å². The van der Waals surface area contributed by atoms with Crippen molar-refractivity contribution in [1.82, 2.24) is 15.5 Å². The van der Waals surface area contributed by atoms with Crippen LogP contribution in [0.5, 0.6) is 0 Å². The van der Waals surface area contributed by atoms with E-state index >= 15 is 0 Å². The molecule has 7 heteroatoms. The molecule has 0 saturated heterocycles. The number of rotatable bonds is 9. The molecule has 1 aromatic rings. The normalized spacial score (nSPS) is 12.6. The predicted molar refractivity (Wildman–Crippen MR) is 68.3 cm³/mol. The van der Waals surface area contributed by atoms with Gasteiger partial charge in [-0.15, -0.1) is 5.10 Å². The van der Waals surface area contributed by atoms with E-state index < -0.39 is 10.8 Å². The van der Waals surface area contributed by atoms with E-state index in [1.807, 2.05) is 6.92 Å². The summed E-state index contributed by atoms with van der Waals surface area (Å²) in [6.45, 7) is 6.11. The lowest BCUT2D eigenvalue weighted by atomic mass is 10.5. The second-order valence-electron chi connectivity index (χ2n) is 3.54. The quantitative estimate of drug-likeness (QED) is 0.638. The summed E-state index contributed by atoms with van der Waals surface area (Å²) in [5, 5.41) is 13.9. The van der Waals surface area contributed by atoms with Crippen molar-refractivity contribution in [2.24, 2.45) is 0 Å². The van der Waals surface area contributed by atoms with Crippen molar-refractivity contribution in [2.45, 2.75) is 26.8 Å². The second-order valence-corrected chi connectivity index (χ2v) is 5.40. The molecule has 0 radical (unpaired) electrons. The number of anilines is 1. The van der Waals surface area contributed by atoms with Crippen molar-refractivity contribution in [1.29, 1.82) is 0 Å². The molecule has 1 unspecified atom stereocenters. The number of hydrogen-bond donors (Lipinski definition) is 2. The van der Waals surface area contributed by atoms with Crippen molar-refractivity contribution in [3.63, 3.8) is 0 Å². The minimum Gasteiger partial charge on any atom is -0.407 e. The number of nitrogens with one attached hydrogen (secondary N) is 2. The Balaban J connectivity index is 2.23. The molecule has 98 valence electrons. The topological polar surface area (TPSA) is 80.0 Å². The highest BCUT2D eigenvalue weighted by Crippen LogP contribution is 2.04. The van der Waals surface area contributed by atoms with Gasteiger partial charge in [-0.1, -0.05) is 18.9 Å². The summed E-state index contributed by atoms with van der Waals surface area (Å²) in [7, 11) is -0.765. The van der Waals surface area contributed by atoms with Gasteiger partial charge in [0.1, 0.15) is 0 Å². The summed E-state index contributed by atoms with van der Waals surface area (Å²) in [5.74, 6) is 1.84. The summed E-state index contributed by atoms with van der Waals surface area (Å²) in [6.07, 6.45) is 1.07. The Morgan fingerprint density at radius 1 is 1.29 bits per heavy atom. The fourth-order valence-corrected chi connectivity index (χ4v) is 1.80. The van der Waals surface area contributed by atoms with Crippen LogP contribution < -0.4 is 10.6 Å². The van der Waals surface area contributed by atoms with Crippen molar-refractivity contribution in [3.05, 3.63) is 5.89 Å². The van der Waals surface area contributed by atoms with Crippen molar-refractivity contribution < 1.29 is 8.63 Å². The molecule has 0 aliphatic carbocycles. The Morgan fingerprint density at radius 3 is 2.82 bits per heavy atom. The Hall–Kier alpha value is -0.950. The van der Waals surface area contributed by atoms with E-state index in [0.29, 0.717) is 36.5 Å². The molecule has 1 atom stereocenters. The van der Waals surface area contributed by atoms with Crippen LogP contribution >= 0.6 is 0 Å². The summed E-state index contributed by atoms with van der Waals surface area (Å²) in [5.41, 5.74) is 0. The standard InChI is InChI=1S/C10H20N4O2S/c1-3-5-11-8-9-13-14-10(16-9)12-6-7-17(15)4-2/h11H,3-8H2,1-2H3,(H,12,14). The van der Waals surface area contributed by atoms with E-state index in [-0.39, 0.29) is 0 Å². The van der Waals surface area contributed by atoms with Crippen LogP contribution in [0.2, 0.25) is 0 Å². The minimum absolute atomic E-state index is 0.395. The molecular formula is C10H20N4O2S. The van der Waals surface area contributed by atoms with Crippen LogP contribution in [-0.2, 0) is 17.3 Å². The van der Waals surface area contributed by atoms with Gasteiger partial charge in [0.2, 0.25) is 5.89 Å². The molecule has 2 N–H and O–H groups in total. The Morgan fingerprint density at radius 2 is 2.12 bits per heavy atom. The largest absolute Gasteiger partial charge is 0.407 e. The molecule has 0 saturated carbocycles. The number of aromatic nitrogens is 2. The first kappa shape index (κ1) is 14.1. The van der Waals surface area contributed by atoms with Crippen LogP contribution in [0.4, 0.5) is 6.01 Å². The maximum Gasteiger partial charge on any atom is 0.315 e. The number of nitrogens with zero attached hydrogens (tertiary/aromatic N) is 2. The van der Waals surface area contributed by atoms with Gasteiger partial charge in [-0.3, -0.25) is 4.21 Å². The first-order valence-corrected chi connectivity index (χ1v) is 7.37. The molecule has 6 nitrogen and oxygen atoms in total. The van der Waals surface area contributed by atoms with Crippen LogP contribution in [0.25, 0.3) is 0 Å². The van der Waals surface area contributed by atoms with Gasteiger partial charge in [0.05, 0.1) is 6.54 Å². The molecule has 1 heterocycles. The molecule has 0 aliphatic rings. The Kier molecular flexibility index (Phi) is 6.80. The van der Waals surface area contributed by atoms with Crippen LogP contribution in [-0.4, -0.2) is 39.0 Å². The van der Waals surface area contributed by atoms with E-state index in [4.69, 9.17) is 4.42 Å². The van der Waals surface area contributed by atoms with Gasteiger partial charge >= 0.3 is 6.01 Å². The van der Waals surface area contributed by atoms with Gasteiger partial charge in [0, 0.05) is 28.9 Å². The maximum atomic E-state index is 11.2. The third kappa shape index (κ3) is 5.78. The van der Waals surface area contributed by atoms with E-state index in [1.54, 1.807) is 0 Å². The number of hydrogen-bond acceptors (Lipinski definition) is 6. The van der Waals surface area contributed by atoms with Crippen LogP contribution in [0, 0.1) is 0 Å². The summed E-state index contributed by atoms with van der Waals surface area (Å²) >= 11 is 0. The molecule has 0 bridgehead atoms. The first-order chi connectivity index (χ1) is 8.26. The zero-order valence-corrected chi connectivity index (χ0v) is 11.2. The molecule has 0 aliphatic heterocycles. The smallest absolute Gasteiger partial charge is 0.315 e. The summed E-state index contributed by atoms with van der Waals surface area (Å²) < 4.78 is 16.5. The van der Waals surface area contributed by atoms with Crippen LogP contribution in [0.3, 0.4) is 0 Å². The lowest BCUT2D eigenvalue weighted by molar-refractivity contribution is 0.477. The van der Waals surface area contributed by atoms with Gasteiger partial charge in [-0.2, -0.15) is 0 Å². The SMILES string of the molecule is CCCNCc1nnc(NCCS(=O)CC)o1. The Bertz CT molecular complexity index is 343. The van der Waals surface area contributed by atoms with E-state index in [9.17, 15) is 4.21 Å². The fourth-order valence-electron chi connectivity index (χ4n) is 1.18. The lowest BCUT2D eigenvalue weighted by Crippen LogP contribution is -2.14.